The second-order valence-electron chi connectivity index (χ2n) is 8.61. The molecule has 2 aromatic heterocycles. The van der Waals surface area contributed by atoms with Gasteiger partial charge in [-0.15, -0.1) is 5.92 Å². The molecule has 1 unspecified atom stereocenters. The smallest absolute Gasteiger partial charge is 0.332 e. The Morgan fingerprint density at radius 1 is 1.24 bits per heavy atom. The molecule has 0 saturated carbocycles. The summed E-state index contributed by atoms with van der Waals surface area (Å²) in [5.41, 5.74) is 7.29. The van der Waals surface area contributed by atoms with Crippen LogP contribution in [0.1, 0.15) is 19.8 Å². The van der Waals surface area contributed by atoms with E-state index >= 15 is 0 Å². The normalized spacial score (nSPS) is 17.6. The zero-order chi connectivity index (χ0) is 23.8. The van der Waals surface area contributed by atoms with Crippen molar-refractivity contribution in [2.45, 2.75) is 38.9 Å². The second-order valence-corrected chi connectivity index (χ2v) is 8.61. The zero-order valence-corrected chi connectivity index (χ0v) is 19.3. The molecule has 5 rings (SSSR count). The first-order valence-corrected chi connectivity index (χ1v) is 11.4. The predicted octanol–water partition coefficient (Wildman–Crippen LogP) is 1.01. The SMILES string of the molecule is CC#CCn1c(N2CCCC(N)C2)nc2c1c(=O)n(CC1=Nc3ccccc3OC1)c(=O)n2C. The van der Waals surface area contributed by atoms with Crippen molar-refractivity contribution in [2.24, 2.45) is 17.8 Å². The van der Waals surface area contributed by atoms with Crippen LogP contribution in [0.4, 0.5) is 11.6 Å². The Morgan fingerprint density at radius 2 is 2.06 bits per heavy atom. The van der Waals surface area contributed by atoms with E-state index < -0.39 is 11.2 Å². The summed E-state index contributed by atoms with van der Waals surface area (Å²) in [6.45, 7) is 3.71. The molecule has 34 heavy (non-hydrogen) atoms. The fourth-order valence-corrected chi connectivity index (χ4v) is 4.54. The number of hydrogen-bond donors (Lipinski definition) is 1. The topological polar surface area (TPSA) is 113 Å². The van der Waals surface area contributed by atoms with Crippen LogP contribution < -0.4 is 26.6 Å². The number of aliphatic imine (C=N–C) groups is 1. The van der Waals surface area contributed by atoms with Gasteiger partial charge in [0.15, 0.2) is 11.2 Å². The summed E-state index contributed by atoms with van der Waals surface area (Å²) in [7, 11) is 1.63. The van der Waals surface area contributed by atoms with E-state index in [0.29, 0.717) is 47.4 Å². The summed E-state index contributed by atoms with van der Waals surface area (Å²) in [5.74, 6) is 7.23. The van der Waals surface area contributed by atoms with Crippen molar-refractivity contribution in [3.05, 3.63) is 45.1 Å². The molecule has 0 spiro atoms. The molecule has 4 heterocycles. The quantitative estimate of drug-likeness (QED) is 0.581. The highest BCUT2D eigenvalue weighted by atomic mass is 16.5. The van der Waals surface area contributed by atoms with Gasteiger partial charge in [0.25, 0.3) is 5.56 Å². The van der Waals surface area contributed by atoms with Gasteiger partial charge in [-0.25, -0.2) is 9.79 Å². The molecule has 2 N–H and O–H groups in total. The van der Waals surface area contributed by atoms with Gasteiger partial charge in [-0.2, -0.15) is 4.98 Å². The number of nitrogens with two attached hydrogens (primary N) is 1. The Morgan fingerprint density at radius 3 is 2.85 bits per heavy atom. The van der Waals surface area contributed by atoms with Crippen molar-refractivity contribution >= 4 is 28.5 Å². The summed E-state index contributed by atoms with van der Waals surface area (Å²) in [5, 5.41) is 0. The van der Waals surface area contributed by atoms with Gasteiger partial charge >= 0.3 is 5.69 Å². The third-order valence-corrected chi connectivity index (χ3v) is 6.25. The average molecular weight is 462 g/mol. The molecule has 1 aromatic carbocycles. The van der Waals surface area contributed by atoms with Gasteiger partial charge in [0, 0.05) is 26.2 Å². The lowest BCUT2D eigenvalue weighted by Crippen LogP contribution is -2.44. The third kappa shape index (κ3) is 3.78. The van der Waals surface area contributed by atoms with E-state index in [-0.39, 0.29) is 19.2 Å². The lowest BCUT2D eigenvalue weighted by molar-refractivity contribution is 0.368. The van der Waals surface area contributed by atoms with E-state index in [1.54, 1.807) is 18.5 Å². The first kappa shape index (κ1) is 22.0. The molecule has 0 aliphatic carbocycles. The minimum absolute atomic E-state index is 0.0321. The number of aromatic nitrogens is 4. The number of para-hydroxylation sites is 2. The molecular weight excluding hydrogens is 434 g/mol. The van der Waals surface area contributed by atoms with Gasteiger partial charge in [-0.1, -0.05) is 18.1 Å². The van der Waals surface area contributed by atoms with Crippen LogP contribution in [-0.2, 0) is 20.1 Å². The molecule has 0 bridgehead atoms. The van der Waals surface area contributed by atoms with Crippen molar-refractivity contribution in [3.63, 3.8) is 0 Å². The first-order chi connectivity index (χ1) is 16.5. The molecule has 1 fully saturated rings. The number of benzene rings is 1. The summed E-state index contributed by atoms with van der Waals surface area (Å²) in [6, 6.07) is 7.46. The number of ether oxygens (including phenoxy) is 1. The number of hydrogen-bond acceptors (Lipinski definition) is 7. The van der Waals surface area contributed by atoms with Crippen LogP contribution in [0.2, 0.25) is 0 Å². The average Bonchev–Trinajstić information content (AvgIpc) is 3.23. The van der Waals surface area contributed by atoms with Crippen LogP contribution in [0.15, 0.2) is 38.8 Å². The third-order valence-electron chi connectivity index (χ3n) is 6.25. The highest BCUT2D eigenvalue weighted by molar-refractivity contribution is 5.90. The van der Waals surface area contributed by atoms with Crippen molar-refractivity contribution < 1.29 is 4.74 Å². The highest BCUT2D eigenvalue weighted by Crippen LogP contribution is 2.30. The molecule has 2 aliphatic heterocycles. The molecule has 176 valence electrons. The Hall–Kier alpha value is -3.84. The van der Waals surface area contributed by atoms with Gasteiger partial charge in [-0.3, -0.25) is 18.5 Å². The van der Waals surface area contributed by atoms with E-state index in [4.69, 9.17) is 15.5 Å². The second kappa shape index (κ2) is 8.83. The van der Waals surface area contributed by atoms with Gasteiger partial charge in [0.05, 0.1) is 18.8 Å². The molecule has 0 amide bonds. The molecule has 1 saturated heterocycles. The summed E-state index contributed by atoms with van der Waals surface area (Å²) in [4.78, 5) is 38.3. The Labute approximate surface area is 196 Å². The first-order valence-electron chi connectivity index (χ1n) is 11.4. The fraction of sp³-hybridized carbons (Fsp3) is 0.417. The summed E-state index contributed by atoms with van der Waals surface area (Å²) in [6.07, 6.45) is 1.89. The molecule has 0 radical (unpaired) electrons. The van der Waals surface area contributed by atoms with Crippen molar-refractivity contribution in [2.75, 3.05) is 24.6 Å². The summed E-state index contributed by atoms with van der Waals surface area (Å²) >= 11 is 0. The maximum absolute atomic E-state index is 13.7. The lowest BCUT2D eigenvalue weighted by atomic mass is 10.1. The monoisotopic (exact) mass is 461 g/mol. The van der Waals surface area contributed by atoms with Crippen LogP contribution in [0, 0.1) is 11.8 Å². The van der Waals surface area contributed by atoms with Gasteiger partial charge in [0.2, 0.25) is 5.95 Å². The summed E-state index contributed by atoms with van der Waals surface area (Å²) < 4.78 is 10.2. The number of nitrogens with zero attached hydrogens (tertiary/aromatic N) is 6. The van der Waals surface area contributed by atoms with Crippen LogP contribution in [0.3, 0.4) is 0 Å². The molecule has 10 heteroatoms. The number of rotatable bonds is 4. The van der Waals surface area contributed by atoms with Crippen LogP contribution in [0.25, 0.3) is 11.2 Å². The number of aryl methyl sites for hydroxylation is 1. The van der Waals surface area contributed by atoms with Gasteiger partial charge in [-0.05, 0) is 31.9 Å². The maximum Gasteiger partial charge on any atom is 0.332 e. The minimum Gasteiger partial charge on any atom is -0.485 e. The van der Waals surface area contributed by atoms with Gasteiger partial charge in [0.1, 0.15) is 18.0 Å². The molecule has 10 nitrogen and oxygen atoms in total. The predicted molar refractivity (Wildman–Crippen MR) is 131 cm³/mol. The molecule has 1 atom stereocenters. The van der Waals surface area contributed by atoms with E-state index in [0.717, 1.165) is 19.4 Å². The van der Waals surface area contributed by atoms with Gasteiger partial charge < -0.3 is 15.4 Å². The fourth-order valence-electron chi connectivity index (χ4n) is 4.54. The van der Waals surface area contributed by atoms with Crippen molar-refractivity contribution in [1.29, 1.82) is 0 Å². The largest absolute Gasteiger partial charge is 0.485 e. The van der Waals surface area contributed by atoms with E-state index in [2.05, 4.69) is 21.7 Å². The van der Waals surface area contributed by atoms with Crippen molar-refractivity contribution in [3.8, 4) is 17.6 Å². The van der Waals surface area contributed by atoms with E-state index in [1.165, 1.54) is 9.13 Å². The Balaban J connectivity index is 1.64. The number of anilines is 1. The number of fused-ring (bicyclic) bond motifs is 2. The van der Waals surface area contributed by atoms with E-state index in [9.17, 15) is 9.59 Å². The van der Waals surface area contributed by atoms with Crippen LogP contribution >= 0.6 is 0 Å². The Bertz CT molecular complexity index is 1470. The standard InChI is InChI=1S/C24H27N7O3/c1-3-4-12-30-20-21(27-23(30)29-11-7-8-16(25)13-29)28(2)24(33)31(22(20)32)14-17-15-34-19-10-6-5-9-18(19)26-17/h5-6,9-10,16H,7-8,11-15,25H2,1-2H3. The molecular formula is C24H27N7O3. The Kier molecular flexibility index (Phi) is 5.71. The minimum atomic E-state index is -0.452. The maximum atomic E-state index is 13.7. The van der Waals surface area contributed by atoms with E-state index in [1.807, 2.05) is 24.3 Å². The zero-order valence-electron chi connectivity index (χ0n) is 19.3. The molecule has 3 aromatic rings. The lowest BCUT2D eigenvalue weighted by Gasteiger charge is -2.31. The van der Waals surface area contributed by atoms with Crippen LogP contribution in [-0.4, -0.2) is 50.1 Å². The highest BCUT2D eigenvalue weighted by Gasteiger charge is 2.26. The van der Waals surface area contributed by atoms with Crippen molar-refractivity contribution in [1.82, 2.24) is 18.7 Å². The number of imidazole rings is 1. The molecule has 2 aliphatic rings. The number of piperidine rings is 1. The van der Waals surface area contributed by atoms with Crippen LogP contribution in [0.5, 0.6) is 5.75 Å².